The van der Waals surface area contributed by atoms with Crippen molar-refractivity contribution in [3.63, 3.8) is 0 Å². The van der Waals surface area contributed by atoms with Crippen molar-refractivity contribution < 1.29 is 17.0 Å². The van der Waals surface area contributed by atoms with E-state index in [4.69, 9.17) is 5.73 Å². The minimum Gasteiger partial charge on any atom is -1.00 e. The molecule has 1 aromatic heterocycles. The third kappa shape index (κ3) is 3.24. The van der Waals surface area contributed by atoms with Crippen LogP contribution < -0.4 is 22.7 Å². The molecule has 0 aliphatic heterocycles. The maximum Gasteiger partial charge on any atom is 0.243 e. The van der Waals surface area contributed by atoms with Gasteiger partial charge in [0, 0.05) is 0 Å². The summed E-state index contributed by atoms with van der Waals surface area (Å²) >= 11 is 0. The van der Waals surface area contributed by atoms with Crippen molar-refractivity contribution in [3.8, 4) is 0 Å². The lowest BCUT2D eigenvalue weighted by molar-refractivity contribution is -0.696. The first-order valence-electron chi connectivity index (χ1n) is 4.11. The van der Waals surface area contributed by atoms with Gasteiger partial charge in [0.2, 0.25) is 6.33 Å². The van der Waals surface area contributed by atoms with Crippen LogP contribution in [-0.4, -0.2) is 11.1 Å². The Balaban J connectivity index is 0.00000121. The van der Waals surface area contributed by atoms with Crippen molar-refractivity contribution in [2.24, 2.45) is 5.73 Å². The van der Waals surface area contributed by atoms with Crippen molar-refractivity contribution in [1.29, 1.82) is 0 Å². The van der Waals surface area contributed by atoms with Gasteiger partial charge in [0.05, 0.1) is 13.1 Å². The van der Waals surface area contributed by atoms with Crippen molar-refractivity contribution in [3.05, 3.63) is 18.7 Å². The monoisotopic (exact) mass is 189 g/mol. The fraction of sp³-hybridized carbons (Fsp3) is 0.625. The zero-order valence-corrected chi connectivity index (χ0v) is 8.17. The van der Waals surface area contributed by atoms with Gasteiger partial charge in [-0.3, -0.25) is 0 Å². The lowest BCUT2D eigenvalue weighted by Crippen LogP contribution is -3.00. The molecule has 0 spiro atoms. The highest BCUT2D eigenvalue weighted by molar-refractivity contribution is 4.64. The number of rotatable bonds is 4. The average molecular weight is 190 g/mol. The summed E-state index contributed by atoms with van der Waals surface area (Å²) in [7, 11) is 0. The smallest absolute Gasteiger partial charge is 0.243 e. The van der Waals surface area contributed by atoms with E-state index in [-0.39, 0.29) is 12.4 Å². The first-order valence-corrected chi connectivity index (χ1v) is 4.11. The molecular formula is C8H16ClN3. The Hall–Kier alpha value is -0.540. The van der Waals surface area contributed by atoms with Crippen LogP contribution in [0.15, 0.2) is 18.7 Å². The summed E-state index contributed by atoms with van der Waals surface area (Å²) in [6.45, 7) is 4.97. The van der Waals surface area contributed by atoms with Crippen LogP contribution in [0.3, 0.4) is 0 Å². The van der Waals surface area contributed by atoms with Crippen molar-refractivity contribution >= 4 is 0 Å². The van der Waals surface area contributed by atoms with Gasteiger partial charge in [-0.25, -0.2) is 9.13 Å². The molecule has 0 aliphatic carbocycles. The van der Waals surface area contributed by atoms with Gasteiger partial charge in [0.25, 0.3) is 0 Å². The summed E-state index contributed by atoms with van der Waals surface area (Å²) in [6, 6.07) is 0. The average Bonchev–Trinajstić information content (AvgIpc) is 2.48. The number of imidazole rings is 1. The second-order valence-corrected chi connectivity index (χ2v) is 2.62. The molecule has 2 N–H and O–H groups in total. The Morgan fingerprint density at radius 2 is 2.25 bits per heavy atom. The van der Waals surface area contributed by atoms with E-state index in [0.29, 0.717) is 0 Å². The predicted molar refractivity (Wildman–Crippen MR) is 44.0 cm³/mol. The quantitative estimate of drug-likeness (QED) is 0.509. The van der Waals surface area contributed by atoms with Gasteiger partial charge < -0.3 is 18.1 Å². The molecule has 0 saturated heterocycles. The normalized spacial score (nSPS) is 9.50. The van der Waals surface area contributed by atoms with Gasteiger partial charge in [-0.1, -0.05) is 0 Å². The second-order valence-electron chi connectivity index (χ2n) is 2.62. The van der Waals surface area contributed by atoms with Crippen LogP contribution in [0.1, 0.15) is 13.3 Å². The van der Waals surface area contributed by atoms with Crippen LogP contribution in [0.25, 0.3) is 0 Å². The number of aryl methyl sites for hydroxylation is 2. The van der Waals surface area contributed by atoms with Gasteiger partial charge in [0.1, 0.15) is 12.4 Å². The second kappa shape index (κ2) is 6.03. The maximum atomic E-state index is 5.40. The van der Waals surface area contributed by atoms with Crippen LogP contribution in [0.4, 0.5) is 0 Å². The summed E-state index contributed by atoms with van der Waals surface area (Å²) < 4.78 is 4.31. The van der Waals surface area contributed by atoms with Crippen molar-refractivity contribution in [2.75, 3.05) is 6.54 Å². The summed E-state index contributed by atoms with van der Waals surface area (Å²) in [5.41, 5.74) is 5.40. The molecule has 70 valence electrons. The zero-order valence-electron chi connectivity index (χ0n) is 7.41. The highest BCUT2D eigenvalue weighted by atomic mass is 35.5. The van der Waals surface area contributed by atoms with Crippen LogP contribution >= 0.6 is 0 Å². The Morgan fingerprint density at radius 3 is 2.75 bits per heavy atom. The van der Waals surface area contributed by atoms with Gasteiger partial charge in [-0.15, -0.1) is 0 Å². The number of nitrogens with two attached hydrogens (primary N) is 1. The molecule has 4 heteroatoms. The Morgan fingerprint density at radius 1 is 1.50 bits per heavy atom. The largest absolute Gasteiger partial charge is 1.00 e. The molecule has 1 rings (SSSR count). The van der Waals surface area contributed by atoms with E-state index in [2.05, 4.69) is 34.8 Å². The fourth-order valence-corrected chi connectivity index (χ4v) is 1.03. The van der Waals surface area contributed by atoms with Crippen LogP contribution in [0, 0.1) is 0 Å². The fourth-order valence-electron chi connectivity index (χ4n) is 1.03. The minimum absolute atomic E-state index is 0. The molecule has 0 aliphatic rings. The van der Waals surface area contributed by atoms with E-state index in [1.165, 1.54) is 0 Å². The first kappa shape index (κ1) is 11.5. The lowest BCUT2D eigenvalue weighted by Gasteiger charge is -1.91. The summed E-state index contributed by atoms with van der Waals surface area (Å²) in [6.07, 6.45) is 7.32. The third-order valence-corrected chi connectivity index (χ3v) is 1.73. The SMILES string of the molecule is CCn1cc[n+](CCCN)c1.[Cl-]. The molecule has 0 fully saturated rings. The number of nitrogens with zero attached hydrogens (tertiary/aromatic N) is 2. The topological polar surface area (TPSA) is 34.8 Å². The molecule has 12 heavy (non-hydrogen) atoms. The molecule has 0 atom stereocenters. The number of aromatic nitrogens is 2. The molecular weight excluding hydrogens is 174 g/mol. The molecule has 0 aromatic carbocycles. The van der Waals surface area contributed by atoms with Gasteiger partial charge >= 0.3 is 0 Å². The van der Waals surface area contributed by atoms with E-state index in [1.54, 1.807) is 0 Å². The van der Waals surface area contributed by atoms with E-state index in [0.717, 1.165) is 26.1 Å². The van der Waals surface area contributed by atoms with Gasteiger partial charge in [-0.05, 0) is 19.9 Å². The molecule has 1 aromatic rings. The Labute approximate surface area is 79.6 Å². The standard InChI is InChI=1S/C8H16N3.ClH/c1-2-10-6-7-11(8-10)5-3-4-9;/h6-8H,2-5,9H2,1H3;1H/q+1;/p-1. The van der Waals surface area contributed by atoms with Crippen molar-refractivity contribution in [1.82, 2.24) is 4.57 Å². The highest BCUT2D eigenvalue weighted by Crippen LogP contribution is 1.83. The van der Waals surface area contributed by atoms with Gasteiger partial charge in [0.15, 0.2) is 0 Å². The van der Waals surface area contributed by atoms with Crippen LogP contribution in [0.2, 0.25) is 0 Å². The number of hydrogen-bond acceptors (Lipinski definition) is 1. The maximum absolute atomic E-state index is 5.40. The minimum atomic E-state index is 0. The van der Waals surface area contributed by atoms with Crippen LogP contribution in [-0.2, 0) is 13.1 Å². The molecule has 0 unspecified atom stereocenters. The van der Waals surface area contributed by atoms with E-state index in [1.807, 2.05) is 0 Å². The zero-order chi connectivity index (χ0) is 8.10. The van der Waals surface area contributed by atoms with Crippen molar-refractivity contribution in [2.45, 2.75) is 26.4 Å². The Bertz CT molecular complexity index is 210. The molecule has 0 bridgehead atoms. The third-order valence-electron chi connectivity index (χ3n) is 1.73. The summed E-state index contributed by atoms with van der Waals surface area (Å²) in [4.78, 5) is 0. The van der Waals surface area contributed by atoms with Gasteiger partial charge in [-0.2, -0.15) is 0 Å². The summed E-state index contributed by atoms with van der Waals surface area (Å²) in [5, 5.41) is 0. The molecule has 1 heterocycles. The number of halogens is 1. The molecule has 0 saturated carbocycles. The molecule has 3 nitrogen and oxygen atoms in total. The number of hydrogen-bond donors (Lipinski definition) is 1. The van der Waals surface area contributed by atoms with E-state index < -0.39 is 0 Å². The Kier molecular flexibility index (Phi) is 5.76. The summed E-state index contributed by atoms with van der Waals surface area (Å²) in [5.74, 6) is 0. The predicted octanol–water partition coefficient (Wildman–Crippen LogP) is -2.85. The molecule has 0 amide bonds. The lowest BCUT2D eigenvalue weighted by atomic mass is 10.4. The molecule has 0 radical (unpaired) electrons. The van der Waals surface area contributed by atoms with E-state index >= 15 is 0 Å². The highest BCUT2D eigenvalue weighted by Gasteiger charge is 1.99. The first-order chi connectivity index (χ1) is 5.36. The van der Waals surface area contributed by atoms with Crippen LogP contribution in [0.5, 0.6) is 0 Å². The van der Waals surface area contributed by atoms with E-state index in [9.17, 15) is 0 Å².